The average molecular weight is 526 g/mol. The number of benzene rings is 2. The van der Waals surface area contributed by atoms with Crippen LogP contribution >= 0.6 is 12.2 Å². The summed E-state index contributed by atoms with van der Waals surface area (Å²) >= 11 is 5.95. The van der Waals surface area contributed by atoms with E-state index < -0.39 is 0 Å². The summed E-state index contributed by atoms with van der Waals surface area (Å²) in [5.41, 5.74) is 7.60. The Labute approximate surface area is 228 Å². The van der Waals surface area contributed by atoms with Gasteiger partial charge < -0.3 is 29.5 Å². The predicted octanol–water partition coefficient (Wildman–Crippen LogP) is 5.21. The fraction of sp³-hybridized carbons (Fsp3) is 0.267. The van der Waals surface area contributed by atoms with Crippen LogP contribution in [0.1, 0.15) is 34.7 Å². The maximum Gasteiger partial charge on any atom is 0.174 e. The number of anilines is 2. The van der Waals surface area contributed by atoms with Gasteiger partial charge in [-0.05, 0) is 98.4 Å². The quantitative estimate of drug-likeness (QED) is 0.347. The molecule has 2 aliphatic heterocycles. The van der Waals surface area contributed by atoms with Crippen molar-refractivity contribution in [2.75, 3.05) is 36.1 Å². The molecule has 2 N–H and O–H groups in total. The van der Waals surface area contributed by atoms with E-state index in [1.165, 1.54) is 11.3 Å². The maximum absolute atomic E-state index is 9.82. The number of rotatable bonds is 5. The van der Waals surface area contributed by atoms with E-state index in [2.05, 4.69) is 69.9 Å². The number of ether oxygens (including phenoxy) is 1. The first-order valence-electron chi connectivity index (χ1n) is 12.9. The summed E-state index contributed by atoms with van der Waals surface area (Å²) in [7, 11) is 0. The summed E-state index contributed by atoms with van der Waals surface area (Å²) in [6.45, 7) is 7.57. The molecule has 2 atom stereocenters. The van der Waals surface area contributed by atoms with Crippen LogP contribution in [-0.2, 0) is 4.74 Å². The van der Waals surface area contributed by atoms with Crippen LogP contribution in [-0.4, -0.2) is 46.1 Å². The molecule has 0 bridgehead atoms. The van der Waals surface area contributed by atoms with Gasteiger partial charge in [-0.25, -0.2) is 0 Å². The van der Waals surface area contributed by atoms with Crippen LogP contribution in [0.3, 0.4) is 0 Å². The first-order chi connectivity index (χ1) is 18.5. The lowest BCUT2D eigenvalue weighted by Gasteiger charge is -2.31. The number of morpholine rings is 1. The van der Waals surface area contributed by atoms with E-state index in [0.717, 1.165) is 54.8 Å². The molecule has 0 amide bonds. The van der Waals surface area contributed by atoms with Crippen LogP contribution in [0, 0.1) is 13.8 Å². The lowest BCUT2D eigenvalue weighted by Crippen LogP contribution is -2.36. The fourth-order valence-corrected chi connectivity index (χ4v) is 6.03. The summed E-state index contributed by atoms with van der Waals surface area (Å²) in [4.78, 5) is 9.28. The molecule has 2 aromatic carbocycles. The van der Waals surface area contributed by atoms with Gasteiger partial charge in [-0.15, -0.1) is 0 Å². The van der Waals surface area contributed by atoms with Gasteiger partial charge >= 0.3 is 0 Å². The first kappa shape index (κ1) is 24.5. The normalized spacial score (nSPS) is 19.6. The number of pyridine rings is 1. The molecule has 0 aliphatic carbocycles. The molecule has 4 heterocycles. The van der Waals surface area contributed by atoms with Gasteiger partial charge in [-0.2, -0.15) is 0 Å². The summed E-state index contributed by atoms with van der Waals surface area (Å²) in [6.07, 6.45) is 1.83. The molecule has 2 saturated heterocycles. The zero-order valence-corrected chi connectivity index (χ0v) is 22.4. The van der Waals surface area contributed by atoms with Crippen molar-refractivity contribution < 1.29 is 9.84 Å². The molecular formula is C30H31N5O2S. The molecule has 194 valence electrons. The number of thiocarbonyl (C=S) groups is 1. The molecule has 7 nitrogen and oxygen atoms in total. The Morgan fingerprint density at radius 1 is 0.921 bits per heavy atom. The van der Waals surface area contributed by atoms with Crippen molar-refractivity contribution in [2.45, 2.75) is 25.9 Å². The number of aromatic hydroxyl groups is 1. The molecule has 2 aliphatic rings. The van der Waals surface area contributed by atoms with Crippen molar-refractivity contribution in [2.24, 2.45) is 0 Å². The van der Waals surface area contributed by atoms with Gasteiger partial charge in [-0.3, -0.25) is 4.98 Å². The van der Waals surface area contributed by atoms with Gasteiger partial charge in [0.2, 0.25) is 0 Å². The van der Waals surface area contributed by atoms with Crippen LogP contribution in [0.15, 0.2) is 79.0 Å². The highest BCUT2D eigenvalue weighted by atomic mass is 32.1. The predicted molar refractivity (Wildman–Crippen MR) is 154 cm³/mol. The molecule has 2 fully saturated rings. The number of aryl methyl sites for hydroxylation is 1. The van der Waals surface area contributed by atoms with E-state index in [1.54, 1.807) is 12.1 Å². The van der Waals surface area contributed by atoms with Gasteiger partial charge in [0.25, 0.3) is 0 Å². The highest BCUT2D eigenvalue weighted by molar-refractivity contribution is 7.80. The lowest BCUT2D eigenvalue weighted by molar-refractivity contribution is 0.122. The third kappa shape index (κ3) is 4.40. The first-order valence-corrected chi connectivity index (χ1v) is 13.3. The SMILES string of the molecule is Cc1cc([C@@H]2[C@H](c3ccccn3)NC(=S)N2c2ccc(N3CCOCC3)cc2)c(C)n1-c1ccc(O)cc1. The summed E-state index contributed by atoms with van der Waals surface area (Å²) < 4.78 is 7.75. The van der Waals surface area contributed by atoms with Crippen LogP contribution in [0.4, 0.5) is 11.4 Å². The Kier molecular flexibility index (Phi) is 6.51. The van der Waals surface area contributed by atoms with Crippen molar-refractivity contribution in [3.8, 4) is 11.4 Å². The Morgan fingerprint density at radius 2 is 1.61 bits per heavy atom. The van der Waals surface area contributed by atoms with E-state index in [9.17, 15) is 5.11 Å². The minimum absolute atomic E-state index is 0.0938. The molecule has 0 unspecified atom stereocenters. The standard InChI is InChI=1S/C30H31N5O2S/c1-20-19-26(21(2)34(20)23-10-12-25(36)13-11-23)29-28(27-5-3-4-14-31-27)32-30(38)35(29)24-8-6-22(7-9-24)33-15-17-37-18-16-33/h3-14,19,28-29,36H,15-18H2,1-2H3,(H,32,38)/t28-,29+/m0/s1. The van der Waals surface area contributed by atoms with Gasteiger partial charge in [0.05, 0.1) is 31.0 Å². The number of hydrogen-bond acceptors (Lipinski definition) is 5. The maximum atomic E-state index is 9.82. The second-order valence-electron chi connectivity index (χ2n) is 9.79. The number of nitrogens with one attached hydrogen (secondary N) is 1. The van der Waals surface area contributed by atoms with Gasteiger partial charge in [0, 0.05) is 47.7 Å². The van der Waals surface area contributed by atoms with Crippen molar-refractivity contribution >= 4 is 28.7 Å². The molecular weight excluding hydrogens is 494 g/mol. The topological polar surface area (TPSA) is 65.8 Å². The molecule has 6 rings (SSSR count). The molecule has 38 heavy (non-hydrogen) atoms. The van der Waals surface area contributed by atoms with E-state index in [-0.39, 0.29) is 17.8 Å². The second-order valence-corrected chi connectivity index (χ2v) is 10.2. The van der Waals surface area contributed by atoms with E-state index in [1.807, 2.05) is 30.5 Å². The molecule has 8 heteroatoms. The fourth-order valence-electron chi connectivity index (χ4n) is 5.68. The minimum atomic E-state index is -0.114. The molecule has 2 aromatic heterocycles. The number of nitrogens with zero attached hydrogens (tertiary/aromatic N) is 4. The molecule has 0 saturated carbocycles. The number of phenols is 1. The monoisotopic (exact) mass is 525 g/mol. The summed E-state index contributed by atoms with van der Waals surface area (Å²) in [6, 6.07) is 24.0. The van der Waals surface area contributed by atoms with Crippen molar-refractivity contribution in [1.82, 2.24) is 14.9 Å². The highest BCUT2D eigenvalue weighted by Gasteiger charge is 2.42. The van der Waals surface area contributed by atoms with E-state index >= 15 is 0 Å². The Balaban J connectivity index is 1.43. The minimum Gasteiger partial charge on any atom is -0.508 e. The molecule has 0 spiro atoms. The van der Waals surface area contributed by atoms with E-state index in [0.29, 0.717) is 5.11 Å². The van der Waals surface area contributed by atoms with Crippen LogP contribution in [0.25, 0.3) is 5.69 Å². The smallest absolute Gasteiger partial charge is 0.174 e. The van der Waals surface area contributed by atoms with Crippen molar-refractivity contribution in [3.05, 3.63) is 102 Å². The van der Waals surface area contributed by atoms with E-state index in [4.69, 9.17) is 21.9 Å². The molecule has 4 aromatic rings. The Hall–Kier alpha value is -3.88. The number of aromatic nitrogens is 2. The van der Waals surface area contributed by atoms with Gasteiger partial charge in [0.15, 0.2) is 5.11 Å². The van der Waals surface area contributed by atoms with Gasteiger partial charge in [0.1, 0.15) is 5.75 Å². The summed E-state index contributed by atoms with van der Waals surface area (Å²) in [5.74, 6) is 0.253. The summed E-state index contributed by atoms with van der Waals surface area (Å²) in [5, 5.41) is 14.1. The number of hydrogen-bond donors (Lipinski definition) is 2. The highest BCUT2D eigenvalue weighted by Crippen LogP contribution is 2.44. The number of phenolic OH excluding ortho intramolecular Hbond substituents is 1. The zero-order valence-electron chi connectivity index (χ0n) is 21.5. The van der Waals surface area contributed by atoms with Gasteiger partial charge in [-0.1, -0.05) is 6.07 Å². The van der Waals surface area contributed by atoms with Crippen LogP contribution in [0.5, 0.6) is 5.75 Å². The third-order valence-electron chi connectivity index (χ3n) is 7.50. The van der Waals surface area contributed by atoms with Crippen molar-refractivity contribution in [3.63, 3.8) is 0 Å². The second kappa shape index (κ2) is 10.1. The lowest BCUT2D eigenvalue weighted by atomic mass is 9.96. The molecule has 0 radical (unpaired) electrons. The van der Waals surface area contributed by atoms with Crippen LogP contribution in [0.2, 0.25) is 0 Å². The largest absolute Gasteiger partial charge is 0.508 e. The average Bonchev–Trinajstić information content (AvgIpc) is 3.45. The van der Waals surface area contributed by atoms with Crippen LogP contribution < -0.4 is 15.1 Å². The Bertz CT molecular complexity index is 1430. The third-order valence-corrected chi connectivity index (χ3v) is 7.81. The Morgan fingerprint density at radius 3 is 2.29 bits per heavy atom. The van der Waals surface area contributed by atoms with Crippen molar-refractivity contribution in [1.29, 1.82) is 0 Å². The zero-order chi connectivity index (χ0) is 26.2.